The van der Waals surface area contributed by atoms with Crippen LogP contribution in [0, 0.1) is 31.3 Å². The number of amides is 1. The van der Waals surface area contributed by atoms with Crippen LogP contribution in [0.2, 0.25) is 0 Å². The lowest BCUT2D eigenvalue weighted by molar-refractivity contribution is -0.116. The molecule has 2 aromatic heterocycles. The van der Waals surface area contributed by atoms with E-state index >= 15 is 0 Å². The van der Waals surface area contributed by atoms with Gasteiger partial charge in [-0.2, -0.15) is 10.1 Å². The zero-order valence-electron chi connectivity index (χ0n) is 13.5. The van der Waals surface area contributed by atoms with E-state index in [-0.39, 0.29) is 6.42 Å². The third-order valence-electron chi connectivity index (χ3n) is 3.87. The molecule has 0 saturated carbocycles. The van der Waals surface area contributed by atoms with Gasteiger partial charge in [0.05, 0.1) is 5.69 Å². The number of carbonyl (C=O) groups excluding carboxylic acids is 1. The van der Waals surface area contributed by atoms with Gasteiger partial charge in [0, 0.05) is 29.9 Å². The lowest BCUT2D eigenvalue weighted by atomic mass is 10.1. The van der Waals surface area contributed by atoms with Crippen molar-refractivity contribution >= 4 is 17.4 Å². The van der Waals surface area contributed by atoms with Crippen LogP contribution in [0.25, 0.3) is 5.78 Å². The molecule has 0 aliphatic carbocycles. The van der Waals surface area contributed by atoms with Gasteiger partial charge in [0.1, 0.15) is 12.1 Å². The molecule has 0 bridgehead atoms. The van der Waals surface area contributed by atoms with Crippen molar-refractivity contribution < 1.29 is 18.0 Å². The normalized spacial score (nSPS) is 11.1. The van der Waals surface area contributed by atoms with Crippen LogP contribution in [0.3, 0.4) is 0 Å². The average Bonchev–Trinajstić information content (AvgIpc) is 3.00. The van der Waals surface area contributed by atoms with E-state index in [9.17, 15) is 18.0 Å². The molecule has 0 aliphatic rings. The van der Waals surface area contributed by atoms with Gasteiger partial charge < -0.3 is 5.32 Å². The van der Waals surface area contributed by atoms with Crippen molar-refractivity contribution in [2.45, 2.75) is 26.7 Å². The fourth-order valence-corrected chi connectivity index (χ4v) is 2.59. The fourth-order valence-electron chi connectivity index (χ4n) is 2.59. The first-order valence-electron chi connectivity index (χ1n) is 7.47. The Bertz CT molecular complexity index is 970. The number of hydrogen-bond acceptors (Lipinski definition) is 4. The maximum absolute atomic E-state index is 13.6. The molecule has 0 atom stereocenters. The largest absolute Gasteiger partial charge is 0.323 e. The third-order valence-corrected chi connectivity index (χ3v) is 3.87. The number of carbonyl (C=O) groups is 1. The molecular weight excluding hydrogens is 335 g/mol. The van der Waals surface area contributed by atoms with Crippen molar-refractivity contribution in [3.05, 3.63) is 52.9 Å². The first kappa shape index (κ1) is 16.9. The summed E-state index contributed by atoms with van der Waals surface area (Å²) in [6.07, 6.45) is 1.73. The summed E-state index contributed by atoms with van der Waals surface area (Å²) in [6.45, 7) is 3.63. The minimum atomic E-state index is -1.31. The second-order valence-corrected chi connectivity index (χ2v) is 5.53. The molecule has 1 N–H and O–H groups in total. The van der Waals surface area contributed by atoms with Crippen LogP contribution in [-0.2, 0) is 11.2 Å². The van der Waals surface area contributed by atoms with Gasteiger partial charge in [-0.3, -0.25) is 4.79 Å². The summed E-state index contributed by atoms with van der Waals surface area (Å²) in [4.78, 5) is 20.3. The first-order chi connectivity index (χ1) is 11.9. The Morgan fingerprint density at radius 2 is 1.88 bits per heavy atom. The molecule has 25 heavy (non-hydrogen) atoms. The van der Waals surface area contributed by atoms with Crippen LogP contribution in [0.1, 0.15) is 23.4 Å². The molecule has 3 aromatic rings. The summed E-state index contributed by atoms with van der Waals surface area (Å²) in [5, 5.41) is 6.30. The highest BCUT2D eigenvalue weighted by Crippen LogP contribution is 2.19. The molecule has 130 valence electrons. The summed E-state index contributed by atoms with van der Waals surface area (Å²) >= 11 is 0. The molecule has 0 fully saturated rings. The Labute approximate surface area is 140 Å². The molecule has 1 aromatic carbocycles. The van der Waals surface area contributed by atoms with Gasteiger partial charge in [0.2, 0.25) is 5.91 Å². The van der Waals surface area contributed by atoms with Gasteiger partial charge in [-0.05, 0) is 25.8 Å². The molecule has 6 nitrogen and oxygen atoms in total. The summed E-state index contributed by atoms with van der Waals surface area (Å²) in [5.41, 5.74) is 1.93. The SMILES string of the molecule is Cc1nc2ncnn2c(C)c1CCC(=O)Nc1cc(F)c(F)cc1F. The minimum Gasteiger partial charge on any atom is -0.323 e. The zero-order valence-corrected chi connectivity index (χ0v) is 13.5. The molecule has 3 rings (SSSR count). The summed E-state index contributed by atoms with van der Waals surface area (Å²) in [6, 6.07) is 1.00. The standard InChI is InChI=1S/C16H14F3N5O/c1-8-10(9(2)24-16(22-8)20-7-21-24)3-4-15(25)23-14-6-12(18)11(17)5-13(14)19/h5-7H,3-4H2,1-2H3,(H,23,25). The van der Waals surface area contributed by atoms with Crippen LogP contribution in [0.4, 0.5) is 18.9 Å². The molecule has 0 radical (unpaired) electrons. The van der Waals surface area contributed by atoms with Gasteiger partial charge in [0.25, 0.3) is 5.78 Å². The van der Waals surface area contributed by atoms with Gasteiger partial charge >= 0.3 is 0 Å². The number of fused-ring (bicyclic) bond motifs is 1. The van der Waals surface area contributed by atoms with Crippen molar-refractivity contribution in [2.75, 3.05) is 5.32 Å². The third kappa shape index (κ3) is 3.30. The number of nitrogens with zero attached hydrogens (tertiary/aromatic N) is 4. The predicted octanol–water partition coefficient (Wildman–Crippen LogP) is 2.73. The van der Waals surface area contributed by atoms with Gasteiger partial charge in [-0.15, -0.1) is 0 Å². The number of nitrogens with one attached hydrogen (secondary N) is 1. The number of anilines is 1. The minimum absolute atomic E-state index is 0.0159. The molecule has 2 heterocycles. The first-order valence-corrected chi connectivity index (χ1v) is 7.47. The Kier molecular flexibility index (Phi) is 4.39. The number of aromatic nitrogens is 4. The number of aryl methyl sites for hydroxylation is 2. The molecule has 0 spiro atoms. The van der Waals surface area contributed by atoms with E-state index < -0.39 is 29.0 Å². The summed E-state index contributed by atoms with van der Waals surface area (Å²) in [5.74, 6) is -3.64. The van der Waals surface area contributed by atoms with Crippen molar-refractivity contribution in [2.24, 2.45) is 0 Å². The highest BCUT2D eigenvalue weighted by atomic mass is 19.2. The Balaban J connectivity index is 1.74. The topological polar surface area (TPSA) is 72.2 Å². The zero-order chi connectivity index (χ0) is 18.1. The lowest BCUT2D eigenvalue weighted by Gasteiger charge is -2.11. The van der Waals surface area contributed by atoms with Crippen LogP contribution < -0.4 is 5.32 Å². The Morgan fingerprint density at radius 3 is 2.64 bits per heavy atom. The fraction of sp³-hybridized carbons (Fsp3) is 0.250. The average molecular weight is 349 g/mol. The summed E-state index contributed by atoms with van der Waals surface area (Å²) < 4.78 is 41.2. The van der Waals surface area contributed by atoms with E-state index in [2.05, 4.69) is 20.4 Å². The van der Waals surface area contributed by atoms with E-state index in [1.807, 2.05) is 6.92 Å². The van der Waals surface area contributed by atoms with E-state index in [1.54, 1.807) is 11.4 Å². The molecule has 0 unspecified atom stereocenters. The highest BCUT2D eigenvalue weighted by molar-refractivity contribution is 5.91. The number of halogens is 3. The highest BCUT2D eigenvalue weighted by Gasteiger charge is 2.15. The lowest BCUT2D eigenvalue weighted by Crippen LogP contribution is -2.15. The smallest absolute Gasteiger partial charge is 0.252 e. The van der Waals surface area contributed by atoms with Gasteiger partial charge in [0.15, 0.2) is 11.6 Å². The van der Waals surface area contributed by atoms with E-state index in [1.165, 1.54) is 6.33 Å². The van der Waals surface area contributed by atoms with E-state index in [0.717, 1.165) is 11.3 Å². The summed E-state index contributed by atoms with van der Waals surface area (Å²) in [7, 11) is 0. The van der Waals surface area contributed by atoms with Gasteiger partial charge in [-0.1, -0.05) is 0 Å². The maximum atomic E-state index is 13.6. The predicted molar refractivity (Wildman–Crippen MR) is 83.5 cm³/mol. The number of hydrogen-bond donors (Lipinski definition) is 1. The molecule has 1 amide bonds. The van der Waals surface area contributed by atoms with E-state index in [4.69, 9.17) is 0 Å². The van der Waals surface area contributed by atoms with Crippen molar-refractivity contribution in [3.8, 4) is 0 Å². The monoisotopic (exact) mass is 349 g/mol. The number of rotatable bonds is 4. The van der Waals surface area contributed by atoms with Crippen molar-refractivity contribution in [1.82, 2.24) is 19.6 Å². The second kappa shape index (κ2) is 6.50. The van der Waals surface area contributed by atoms with E-state index in [0.29, 0.717) is 30.0 Å². The second-order valence-electron chi connectivity index (χ2n) is 5.53. The Hall–Kier alpha value is -2.97. The van der Waals surface area contributed by atoms with Gasteiger partial charge in [-0.25, -0.2) is 22.7 Å². The van der Waals surface area contributed by atoms with Crippen LogP contribution in [0.5, 0.6) is 0 Å². The molecular formula is C16H14F3N5O. The maximum Gasteiger partial charge on any atom is 0.252 e. The van der Waals surface area contributed by atoms with Crippen molar-refractivity contribution in [3.63, 3.8) is 0 Å². The molecule has 0 saturated heterocycles. The van der Waals surface area contributed by atoms with Crippen LogP contribution in [0.15, 0.2) is 18.5 Å². The quantitative estimate of drug-likeness (QED) is 0.735. The van der Waals surface area contributed by atoms with Crippen LogP contribution in [-0.4, -0.2) is 25.5 Å². The Morgan fingerprint density at radius 1 is 1.16 bits per heavy atom. The molecule has 0 aliphatic heterocycles. The van der Waals surface area contributed by atoms with Crippen LogP contribution >= 0.6 is 0 Å². The number of benzene rings is 1. The molecule has 9 heteroatoms. The van der Waals surface area contributed by atoms with Crippen molar-refractivity contribution in [1.29, 1.82) is 0 Å².